The van der Waals surface area contributed by atoms with E-state index in [0.29, 0.717) is 42.3 Å². The molecule has 4 rings (SSSR count). The zero-order chi connectivity index (χ0) is 23.4. The number of amides is 3. The predicted octanol–water partition coefficient (Wildman–Crippen LogP) is 5.40. The maximum Gasteiger partial charge on any atom is 0.324 e. The van der Waals surface area contributed by atoms with Crippen LogP contribution in [0, 0.1) is 13.8 Å². The average molecular weight is 444 g/mol. The summed E-state index contributed by atoms with van der Waals surface area (Å²) in [6, 6.07) is 20.9. The number of rotatable bonds is 6. The van der Waals surface area contributed by atoms with E-state index in [1.807, 2.05) is 48.2 Å². The molecule has 3 aromatic carbocycles. The van der Waals surface area contributed by atoms with Crippen LogP contribution in [0.4, 0.5) is 16.2 Å². The zero-order valence-corrected chi connectivity index (χ0v) is 19.3. The van der Waals surface area contributed by atoms with Crippen molar-refractivity contribution in [1.29, 1.82) is 0 Å². The second-order valence-corrected chi connectivity index (χ2v) is 8.31. The van der Waals surface area contributed by atoms with Gasteiger partial charge in [-0.2, -0.15) is 0 Å². The van der Waals surface area contributed by atoms with Crippen molar-refractivity contribution in [2.45, 2.75) is 26.8 Å². The van der Waals surface area contributed by atoms with E-state index in [1.54, 1.807) is 30.2 Å². The molecule has 0 saturated carbocycles. The standard InChI is InChI=1S/C27H29N3O3/c1-19-13-14-24(23(17-19)28-26(31)22-11-6-7-12-25(22)33-3)30-16-8-15-29(27(30)32)18-21-10-5-4-9-20(21)2/h4-7,9-14,17H,8,15-16,18H2,1-3H3,(H,28,31). The van der Waals surface area contributed by atoms with E-state index in [2.05, 4.69) is 24.4 Å². The lowest BCUT2D eigenvalue weighted by atomic mass is 10.1. The molecule has 1 aliphatic heterocycles. The van der Waals surface area contributed by atoms with Gasteiger partial charge >= 0.3 is 6.03 Å². The molecule has 3 aromatic rings. The quantitative estimate of drug-likeness (QED) is 0.555. The molecule has 33 heavy (non-hydrogen) atoms. The third kappa shape index (κ3) is 4.85. The van der Waals surface area contributed by atoms with Crippen molar-refractivity contribution >= 4 is 23.3 Å². The molecule has 0 aromatic heterocycles. The molecule has 0 unspecified atom stereocenters. The number of carbonyl (C=O) groups is 2. The number of benzene rings is 3. The summed E-state index contributed by atoms with van der Waals surface area (Å²) in [5, 5.41) is 3.00. The molecule has 1 heterocycles. The number of hydrogen-bond donors (Lipinski definition) is 1. The normalized spacial score (nSPS) is 13.7. The fraction of sp³-hybridized carbons (Fsp3) is 0.259. The number of carbonyl (C=O) groups excluding carboxylic acids is 2. The van der Waals surface area contributed by atoms with Crippen LogP contribution >= 0.6 is 0 Å². The fourth-order valence-corrected chi connectivity index (χ4v) is 4.15. The van der Waals surface area contributed by atoms with Crippen molar-refractivity contribution < 1.29 is 14.3 Å². The summed E-state index contributed by atoms with van der Waals surface area (Å²) in [5.74, 6) is 0.225. The number of nitrogens with zero attached hydrogens (tertiary/aromatic N) is 2. The van der Waals surface area contributed by atoms with Crippen molar-refractivity contribution in [2.75, 3.05) is 30.4 Å². The van der Waals surface area contributed by atoms with E-state index in [4.69, 9.17) is 4.74 Å². The molecule has 6 nitrogen and oxygen atoms in total. The number of ether oxygens (including phenoxy) is 1. The highest BCUT2D eigenvalue weighted by atomic mass is 16.5. The van der Waals surface area contributed by atoms with Gasteiger partial charge in [0.05, 0.1) is 24.0 Å². The fourth-order valence-electron chi connectivity index (χ4n) is 4.15. The summed E-state index contributed by atoms with van der Waals surface area (Å²) in [6.07, 6.45) is 0.853. The van der Waals surface area contributed by atoms with Crippen molar-refractivity contribution in [2.24, 2.45) is 0 Å². The Morgan fingerprint density at radius 3 is 2.55 bits per heavy atom. The zero-order valence-electron chi connectivity index (χ0n) is 19.3. The van der Waals surface area contributed by atoms with Crippen molar-refractivity contribution in [3.63, 3.8) is 0 Å². The Bertz CT molecular complexity index is 1170. The first kappa shape index (κ1) is 22.4. The van der Waals surface area contributed by atoms with Gasteiger partial charge in [-0.25, -0.2) is 4.79 Å². The Labute approximate surface area is 194 Å². The minimum absolute atomic E-state index is 0.0545. The van der Waals surface area contributed by atoms with Crippen LogP contribution < -0.4 is 15.0 Å². The first-order valence-corrected chi connectivity index (χ1v) is 11.1. The minimum Gasteiger partial charge on any atom is -0.496 e. The molecule has 0 spiro atoms. The maximum absolute atomic E-state index is 13.5. The summed E-state index contributed by atoms with van der Waals surface area (Å²) in [6.45, 7) is 5.90. The maximum atomic E-state index is 13.5. The van der Waals surface area contributed by atoms with Gasteiger partial charge in [-0.15, -0.1) is 0 Å². The number of urea groups is 1. The molecule has 0 bridgehead atoms. The Morgan fingerprint density at radius 1 is 1.00 bits per heavy atom. The second kappa shape index (κ2) is 9.77. The van der Waals surface area contributed by atoms with Crippen LogP contribution in [0.1, 0.15) is 33.5 Å². The van der Waals surface area contributed by atoms with Crippen LogP contribution in [-0.2, 0) is 6.54 Å². The molecule has 1 saturated heterocycles. The molecule has 170 valence electrons. The van der Waals surface area contributed by atoms with Gasteiger partial charge in [-0.3, -0.25) is 9.69 Å². The molecular weight excluding hydrogens is 414 g/mol. The van der Waals surface area contributed by atoms with Gasteiger partial charge in [-0.05, 0) is 61.2 Å². The van der Waals surface area contributed by atoms with Crippen LogP contribution in [0.3, 0.4) is 0 Å². The van der Waals surface area contributed by atoms with Crippen LogP contribution in [0.25, 0.3) is 0 Å². The Balaban J connectivity index is 1.60. The third-order valence-electron chi connectivity index (χ3n) is 5.98. The highest BCUT2D eigenvalue weighted by Gasteiger charge is 2.29. The van der Waals surface area contributed by atoms with Crippen LogP contribution in [0.15, 0.2) is 66.7 Å². The van der Waals surface area contributed by atoms with Crippen LogP contribution in [-0.4, -0.2) is 37.0 Å². The number of aryl methyl sites for hydroxylation is 2. The summed E-state index contributed by atoms with van der Waals surface area (Å²) in [5.41, 5.74) is 5.05. The molecule has 0 atom stereocenters. The summed E-state index contributed by atoms with van der Waals surface area (Å²) < 4.78 is 5.34. The topological polar surface area (TPSA) is 61.9 Å². The van der Waals surface area contributed by atoms with E-state index in [0.717, 1.165) is 17.5 Å². The second-order valence-electron chi connectivity index (χ2n) is 8.31. The Morgan fingerprint density at radius 2 is 1.76 bits per heavy atom. The summed E-state index contributed by atoms with van der Waals surface area (Å²) in [4.78, 5) is 30.1. The average Bonchev–Trinajstić information content (AvgIpc) is 2.82. The van der Waals surface area contributed by atoms with Gasteiger partial charge < -0.3 is 15.0 Å². The molecule has 0 aliphatic carbocycles. The SMILES string of the molecule is COc1ccccc1C(=O)Nc1cc(C)ccc1N1CCCN(Cc2ccccc2C)C1=O. The van der Waals surface area contributed by atoms with Crippen molar-refractivity contribution in [3.05, 3.63) is 89.0 Å². The van der Waals surface area contributed by atoms with E-state index in [1.165, 1.54) is 5.56 Å². The van der Waals surface area contributed by atoms with Crippen molar-refractivity contribution in [1.82, 2.24) is 4.90 Å². The van der Waals surface area contributed by atoms with Gasteiger partial charge in [0.1, 0.15) is 5.75 Å². The van der Waals surface area contributed by atoms with E-state index < -0.39 is 0 Å². The number of para-hydroxylation sites is 1. The van der Waals surface area contributed by atoms with Gasteiger partial charge in [0.15, 0.2) is 0 Å². The van der Waals surface area contributed by atoms with Gasteiger partial charge in [0.25, 0.3) is 5.91 Å². The smallest absolute Gasteiger partial charge is 0.324 e. The van der Waals surface area contributed by atoms with E-state index in [-0.39, 0.29) is 11.9 Å². The molecule has 1 N–H and O–H groups in total. The first-order valence-electron chi connectivity index (χ1n) is 11.1. The highest BCUT2D eigenvalue weighted by Crippen LogP contribution is 2.31. The summed E-state index contributed by atoms with van der Waals surface area (Å²) in [7, 11) is 1.54. The largest absolute Gasteiger partial charge is 0.496 e. The van der Waals surface area contributed by atoms with Crippen LogP contribution in [0.2, 0.25) is 0 Å². The molecule has 6 heteroatoms. The first-order chi connectivity index (χ1) is 16.0. The molecule has 1 aliphatic rings. The van der Waals surface area contributed by atoms with Crippen LogP contribution in [0.5, 0.6) is 5.75 Å². The Kier molecular flexibility index (Phi) is 6.63. The monoisotopic (exact) mass is 443 g/mol. The van der Waals surface area contributed by atoms with Gasteiger partial charge in [0, 0.05) is 19.6 Å². The predicted molar refractivity (Wildman–Crippen MR) is 131 cm³/mol. The lowest BCUT2D eigenvalue weighted by molar-refractivity contribution is 0.102. The van der Waals surface area contributed by atoms with Gasteiger partial charge in [0.2, 0.25) is 0 Å². The van der Waals surface area contributed by atoms with E-state index in [9.17, 15) is 9.59 Å². The number of methoxy groups -OCH3 is 1. The number of anilines is 2. The molecule has 3 amide bonds. The van der Waals surface area contributed by atoms with E-state index >= 15 is 0 Å². The van der Waals surface area contributed by atoms with Crippen molar-refractivity contribution in [3.8, 4) is 5.75 Å². The lowest BCUT2D eigenvalue weighted by Crippen LogP contribution is -2.49. The minimum atomic E-state index is -0.277. The lowest BCUT2D eigenvalue weighted by Gasteiger charge is -2.36. The number of nitrogens with one attached hydrogen (secondary N) is 1. The molecule has 1 fully saturated rings. The van der Waals surface area contributed by atoms with Gasteiger partial charge in [-0.1, -0.05) is 42.5 Å². The number of hydrogen-bond acceptors (Lipinski definition) is 3. The highest BCUT2D eigenvalue weighted by molar-refractivity contribution is 6.09. The molecule has 0 radical (unpaired) electrons. The molecular formula is C27H29N3O3. The summed E-state index contributed by atoms with van der Waals surface area (Å²) >= 11 is 0. The Hall–Kier alpha value is -3.80. The third-order valence-corrected chi connectivity index (χ3v) is 5.98.